The van der Waals surface area contributed by atoms with E-state index in [0.29, 0.717) is 0 Å². The zero-order chi connectivity index (χ0) is 48.7. The van der Waals surface area contributed by atoms with Crippen molar-refractivity contribution in [2.24, 2.45) is 0 Å². The molecule has 7 aromatic carbocycles. The van der Waals surface area contributed by atoms with E-state index >= 15 is 0 Å². The van der Waals surface area contributed by atoms with Crippen LogP contribution in [0, 0.1) is 29.3 Å². The van der Waals surface area contributed by atoms with E-state index in [1.165, 1.54) is 56.4 Å². The average Bonchev–Trinajstić information content (AvgIpc) is 4.13. The number of allylic oxidation sites excluding steroid dienone is 2. The third-order valence-electron chi connectivity index (χ3n) is 14.2. The van der Waals surface area contributed by atoms with Crippen molar-refractivity contribution in [1.29, 1.82) is 5.26 Å². The number of aromatic nitrogens is 2. The van der Waals surface area contributed by atoms with Gasteiger partial charge in [0, 0.05) is 16.9 Å². The first kappa shape index (κ1) is 49.4. The van der Waals surface area contributed by atoms with Gasteiger partial charge in [-0.3, -0.25) is 9.37 Å². The molecule has 71 heavy (non-hydrogen) atoms. The molecule has 0 radical (unpaired) electrons. The van der Waals surface area contributed by atoms with Crippen LogP contribution in [0.3, 0.4) is 0 Å². The number of para-hydroxylation sites is 2. The van der Waals surface area contributed by atoms with E-state index in [1.54, 1.807) is 6.07 Å². The van der Waals surface area contributed by atoms with Crippen LogP contribution in [0.5, 0.6) is 0 Å². The molecule has 8 heteroatoms. The maximum atomic E-state index is 12.8. The molecule has 0 spiro atoms. The summed E-state index contributed by atoms with van der Waals surface area (Å²) in [5.74, 6) is 1.04. The molecule has 9 aromatic rings. The molecule has 2 aromatic heterocycles. The van der Waals surface area contributed by atoms with Crippen LogP contribution in [0.25, 0.3) is 77.6 Å². The topological polar surface area (TPSA) is 68.8 Å². The largest absolute Gasteiger partial charge is 3.00 e. The molecular formula is C63H58FIrN4OSi. The van der Waals surface area contributed by atoms with Crippen LogP contribution < -0.4 is 0 Å². The van der Waals surface area contributed by atoms with Crippen LogP contribution in [0.1, 0.15) is 93.5 Å². The van der Waals surface area contributed by atoms with Crippen molar-refractivity contribution in [3.05, 3.63) is 209 Å². The van der Waals surface area contributed by atoms with Crippen molar-refractivity contribution < 1.29 is 28.9 Å². The summed E-state index contributed by atoms with van der Waals surface area (Å²) in [6.07, 6.45) is 10.1. The molecule has 0 N–H and O–H groups in total. The van der Waals surface area contributed by atoms with Gasteiger partial charge in [0.05, 0.1) is 42.0 Å². The summed E-state index contributed by atoms with van der Waals surface area (Å²) in [7, 11) is -1.29. The quantitative estimate of drug-likeness (QED) is 0.107. The minimum absolute atomic E-state index is 0. The molecule has 0 amide bonds. The third-order valence-corrected chi connectivity index (χ3v) is 16.2. The molecule has 1 saturated carbocycles. The van der Waals surface area contributed by atoms with Gasteiger partial charge < -0.3 is 14.3 Å². The molecule has 1 aliphatic heterocycles. The predicted octanol–water partition coefficient (Wildman–Crippen LogP) is 17.7. The second-order valence-electron chi connectivity index (χ2n) is 20.6. The number of nitriles is 1. The van der Waals surface area contributed by atoms with Crippen molar-refractivity contribution in [2.45, 2.75) is 96.3 Å². The molecule has 1 aliphatic carbocycles. The zero-order valence-corrected chi connectivity index (χ0v) is 44.9. The molecule has 5 nitrogen and oxygen atoms in total. The van der Waals surface area contributed by atoms with Crippen LogP contribution in [0.4, 0.5) is 4.39 Å². The molecule has 2 aliphatic rings. The molecule has 3 heterocycles. The molecule has 1 atom stereocenters. The van der Waals surface area contributed by atoms with Crippen LogP contribution in [-0.2, 0) is 25.5 Å². The fraction of sp³-hybridized carbons (Fsp3) is 0.238. The second kappa shape index (κ2) is 20.2. The van der Waals surface area contributed by atoms with Gasteiger partial charge in [-0.1, -0.05) is 173 Å². The number of furan rings is 1. The van der Waals surface area contributed by atoms with Crippen LogP contribution >= 0.6 is 0 Å². The van der Waals surface area contributed by atoms with Crippen LogP contribution in [0.15, 0.2) is 167 Å². The van der Waals surface area contributed by atoms with Gasteiger partial charge >= 0.3 is 20.1 Å². The first-order chi connectivity index (χ1) is 33.8. The maximum absolute atomic E-state index is 12.8. The minimum atomic E-state index is -1.29. The van der Waals surface area contributed by atoms with E-state index in [9.17, 15) is 9.65 Å². The Bertz CT molecular complexity index is 3450. The monoisotopic (exact) mass is 1130 g/mol. The molecule has 356 valence electrons. The smallest absolute Gasteiger partial charge is 0.683 e. The number of imidazole rings is 1. The number of halogens is 1. The summed E-state index contributed by atoms with van der Waals surface area (Å²) in [4.78, 5) is 5.33. The van der Waals surface area contributed by atoms with Gasteiger partial charge in [0.1, 0.15) is 5.58 Å². The van der Waals surface area contributed by atoms with Crippen molar-refractivity contribution in [1.82, 2.24) is 9.55 Å². The summed E-state index contributed by atoms with van der Waals surface area (Å²) >= 11 is 0. The molecule has 11 rings (SSSR count). The standard InChI is InChI=1S/C49H42N3O.C14H16FNSi.Ir/c1-31(2)41-27-36(35-21-19-34(20-22-35)33-13-6-5-7-14-33)28-42(32(3)4)46(41)52-44-18-9-8-17-43(44)51-48(52)40-16-12-15-39-38-24-23-37(29-45(38)53-47(39)40)49(30-50)25-10-11-26-49;1-17(2,3)13-8-9-14(16-10-13)11-4-6-12(15)7-5-11;/h5-9,12-15,17-24,27-29,31-32H,10-11,25-26H2,1-4H3;4,6-10,14H,1-3H3;/q-1;-2;+3. The van der Waals surface area contributed by atoms with Crippen LogP contribution in [0.2, 0.25) is 19.6 Å². The fourth-order valence-electron chi connectivity index (χ4n) is 10.2. The van der Waals surface area contributed by atoms with Crippen molar-refractivity contribution in [3.63, 3.8) is 0 Å². The van der Waals surface area contributed by atoms with E-state index in [2.05, 4.69) is 203 Å². The fourth-order valence-corrected chi connectivity index (χ4v) is 11.3. The van der Waals surface area contributed by atoms with Gasteiger partial charge in [0.25, 0.3) is 0 Å². The van der Waals surface area contributed by atoms with Gasteiger partial charge in [-0.05, 0) is 94.0 Å². The molecule has 0 bridgehead atoms. The Labute approximate surface area is 432 Å². The zero-order valence-electron chi connectivity index (χ0n) is 41.5. The normalized spacial score (nSPS) is 15.3. The molecule has 1 fully saturated rings. The Balaban J connectivity index is 0.000000294. The van der Waals surface area contributed by atoms with E-state index in [4.69, 9.17) is 9.40 Å². The van der Waals surface area contributed by atoms with E-state index in [-0.39, 0.29) is 43.8 Å². The maximum Gasteiger partial charge on any atom is 3.00 e. The van der Waals surface area contributed by atoms with Gasteiger partial charge in [0.2, 0.25) is 0 Å². The Morgan fingerprint density at radius 1 is 0.775 bits per heavy atom. The molecular weight excluding hydrogens is 1070 g/mol. The summed E-state index contributed by atoms with van der Waals surface area (Å²) < 4.78 is 21.9. The number of hydrogen-bond donors (Lipinski definition) is 0. The van der Waals surface area contributed by atoms with Gasteiger partial charge in [-0.2, -0.15) is 29.2 Å². The Morgan fingerprint density at radius 2 is 1.44 bits per heavy atom. The summed E-state index contributed by atoms with van der Waals surface area (Å²) in [5, 5.41) is 18.2. The van der Waals surface area contributed by atoms with Gasteiger partial charge in [-0.15, -0.1) is 30.3 Å². The SMILES string of the molecule is CC(C)c1cc(-c2ccc(-c3ccccc3)cc2)cc(C(C)C)c1-n1c(-c2[c-]ccc3c2oc2cc(C4(C#N)CCCC4)ccc23)nc2ccccc21.C[Si](C)(C)C1=C[N-]C(c2[c-]cc(F)cc2)C=C1.[Ir+3]. The second-order valence-corrected chi connectivity index (χ2v) is 25.7. The van der Waals surface area contributed by atoms with Crippen LogP contribution in [-0.4, -0.2) is 17.6 Å². The predicted molar refractivity (Wildman–Crippen MR) is 289 cm³/mol. The summed E-state index contributed by atoms with van der Waals surface area (Å²) in [6.45, 7) is 16.0. The van der Waals surface area contributed by atoms with Gasteiger partial charge in [0.15, 0.2) is 0 Å². The molecule has 0 saturated heterocycles. The van der Waals surface area contributed by atoms with Crippen molar-refractivity contribution >= 4 is 41.0 Å². The number of benzene rings is 7. The average molecular weight is 1130 g/mol. The Hall–Kier alpha value is -6.62. The van der Waals surface area contributed by atoms with E-state index in [1.807, 2.05) is 12.3 Å². The van der Waals surface area contributed by atoms with Crippen molar-refractivity contribution in [2.75, 3.05) is 0 Å². The number of rotatable bonds is 9. The van der Waals surface area contributed by atoms with Gasteiger partial charge in [-0.25, -0.2) is 0 Å². The first-order valence-electron chi connectivity index (χ1n) is 24.7. The first-order valence-corrected chi connectivity index (χ1v) is 28.2. The minimum Gasteiger partial charge on any atom is -0.683 e. The molecule has 1 unspecified atom stereocenters. The van der Waals surface area contributed by atoms with E-state index < -0.39 is 13.5 Å². The number of nitrogens with zero attached hydrogens (tertiary/aromatic N) is 4. The number of fused-ring (bicyclic) bond motifs is 4. The third kappa shape index (κ3) is 9.64. The van der Waals surface area contributed by atoms with Crippen molar-refractivity contribution in [3.8, 4) is 45.4 Å². The summed E-state index contributed by atoms with van der Waals surface area (Å²) in [5.41, 5.74) is 14.4. The summed E-state index contributed by atoms with van der Waals surface area (Å²) in [6, 6.07) is 56.8. The number of hydrogen-bond acceptors (Lipinski definition) is 3. The van der Waals surface area contributed by atoms with E-state index in [0.717, 1.165) is 81.2 Å². The Kier molecular flexibility index (Phi) is 14.1. The Morgan fingerprint density at radius 3 is 2.06 bits per heavy atom.